The van der Waals surface area contributed by atoms with Gasteiger partial charge in [-0.05, 0) is 69.3 Å². The van der Waals surface area contributed by atoms with Gasteiger partial charge in [0.05, 0.1) is 6.67 Å². The predicted molar refractivity (Wildman–Crippen MR) is 95.0 cm³/mol. The molecule has 2 aliphatic heterocycles. The molecule has 128 valence electrons. The molecule has 0 saturated carbocycles. The van der Waals surface area contributed by atoms with Crippen molar-refractivity contribution >= 4 is 11.6 Å². The Morgan fingerprint density at radius 3 is 2.61 bits per heavy atom. The first-order valence-electron chi connectivity index (χ1n) is 8.82. The molecule has 2 bridgehead atoms. The number of hydrogen-bond donors (Lipinski definition) is 0. The topological polar surface area (TPSA) is 6.48 Å². The molecule has 1 aromatic carbocycles. The Hall–Kier alpha value is -0.640. The van der Waals surface area contributed by atoms with E-state index in [2.05, 4.69) is 36.0 Å². The Morgan fingerprint density at radius 1 is 1.22 bits per heavy atom. The van der Waals surface area contributed by atoms with Crippen LogP contribution in [0.15, 0.2) is 24.3 Å². The SMILES string of the molecule is CN(C)C[C@H]1[C@@H](c2ccc(Cl)cc2)C[C@@H]2CC[C@H]1N2CCCF. The van der Waals surface area contributed by atoms with Crippen molar-refractivity contribution in [2.75, 3.05) is 33.9 Å². The van der Waals surface area contributed by atoms with E-state index in [0.717, 1.165) is 18.1 Å². The Labute approximate surface area is 144 Å². The molecule has 0 radical (unpaired) electrons. The summed E-state index contributed by atoms with van der Waals surface area (Å²) in [5.41, 5.74) is 1.42. The van der Waals surface area contributed by atoms with Gasteiger partial charge < -0.3 is 4.90 Å². The van der Waals surface area contributed by atoms with Crippen LogP contribution in [0.4, 0.5) is 4.39 Å². The summed E-state index contributed by atoms with van der Waals surface area (Å²) < 4.78 is 12.7. The van der Waals surface area contributed by atoms with Gasteiger partial charge in [-0.3, -0.25) is 9.29 Å². The standard InChI is InChI=1S/C19H28ClFN2/c1-22(2)13-18-17(14-4-6-15(20)7-5-14)12-16-8-9-19(18)23(16)11-3-10-21/h4-7,16-19H,3,8-13H2,1-2H3/t16-,17+,18-,19+/m0/s1. The Kier molecular flexibility index (Phi) is 5.61. The van der Waals surface area contributed by atoms with E-state index in [1.807, 2.05) is 12.1 Å². The first kappa shape index (κ1) is 17.2. The minimum Gasteiger partial charge on any atom is -0.309 e. The molecule has 1 aromatic rings. The molecule has 2 nitrogen and oxygen atoms in total. The lowest BCUT2D eigenvalue weighted by Crippen LogP contribution is -2.51. The molecule has 0 aromatic heterocycles. The molecule has 2 heterocycles. The van der Waals surface area contributed by atoms with Crippen LogP contribution in [0.3, 0.4) is 0 Å². The molecule has 0 spiro atoms. The smallest absolute Gasteiger partial charge is 0.0906 e. The van der Waals surface area contributed by atoms with Crippen molar-refractivity contribution in [1.29, 1.82) is 0 Å². The van der Waals surface area contributed by atoms with E-state index in [-0.39, 0.29) is 6.67 Å². The van der Waals surface area contributed by atoms with Crippen LogP contribution in [0.5, 0.6) is 0 Å². The third-order valence-corrected chi connectivity index (χ3v) is 5.90. The number of hydrogen-bond acceptors (Lipinski definition) is 2. The highest BCUT2D eigenvalue weighted by Gasteiger charge is 2.47. The van der Waals surface area contributed by atoms with Crippen molar-refractivity contribution in [1.82, 2.24) is 9.80 Å². The molecular weight excluding hydrogens is 311 g/mol. The van der Waals surface area contributed by atoms with Crippen molar-refractivity contribution in [3.63, 3.8) is 0 Å². The molecule has 2 aliphatic rings. The molecule has 4 atom stereocenters. The molecule has 0 aliphatic carbocycles. The zero-order valence-electron chi connectivity index (χ0n) is 14.2. The van der Waals surface area contributed by atoms with E-state index < -0.39 is 0 Å². The quantitative estimate of drug-likeness (QED) is 0.767. The number of piperidine rings is 1. The van der Waals surface area contributed by atoms with E-state index in [0.29, 0.717) is 30.3 Å². The molecule has 0 amide bonds. The number of halogens is 2. The second kappa shape index (κ2) is 7.50. The molecule has 2 saturated heterocycles. The third kappa shape index (κ3) is 3.72. The van der Waals surface area contributed by atoms with Crippen LogP contribution in [0.1, 0.15) is 37.2 Å². The number of rotatable bonds is 6. The van der Waals surface area contributed by atoms with Gasteiger partial charge in [-0.1, -0.05) is 23.7 Å². The van der Waals surface area contributed by atoms with Crippen LogP contribution in [-0.2, 0) is 0 Å². The minimum atomic E-state index is -0.200. The lowest BCUT2D eigenvalue weighted by atomic mass is 9.75. The van der Waals surface area contributed by atoms with E-state index in [9.17, 15) is 4.39 Å². The highest BCUT2D eigenvalue weighted by molar-refractivity contribution is 6.30. The molecule has 0 N–H and O–H groups in total. The van der Waals surface area contributed by atoms with Gasteiger partial charge in [-0.25, -0.2) is 0 Å². The maximum Gasteiger partial charge on any atom is 0.0906 e. The summed E-state index contributed by atoms with van der Waals surface area (Å²) in [6.07, 6.45) is 4.40. The average Bonchev–Trinajstić information content (AvgIpc) is 2.82. The van der Waals surface area contributed by atoms with E-state index in [1.165, 1.54) is 24.8 Å². The van der Waals surface area contributed by atoms with Crippen LogP contribution in [0.2, 0.25) is 5.02 Å². The summed E-state index contributed by atoms with van der Waals surface area (Å²) in [4.78, 5) is 4.92. The van der Waals surface area contributed by atoms with E-state index >= 15 is 0 Å². The van der Waals surface area contributed by atoms with E-state index in [4.69, 9.17) is 11.6 Å². The summed E-state index contributed by atoms with van der Waals surface area (Å²) in [5.74, 6) is 1.21. The van der Waals surface area contributed by atoms with Crippen molar-refractivity contribution in [3.8, 4) is 0 Å². The maximum absolute atomic E-state index is 12.7. The lowest BCUT2D eigenvalue weighted by molar-refractivity contribution is 0.0573. The molecule has 23 heavy (non-hydrogen) atoms. The summed E-state index contributed by atoms with van der Waals surface area (Å²) in [7, 11) is 4.32. The molecule has 0 unspecified atom stereocenters. The highest BCUT2D eigenvalue weighted by atomic mass is 35.5. The summed E-state index contributed by atoms with van der Waals surface area (Å²) in [6, 6.07) is 9.66. The maximum atomic E-state index is 12.7. The highest BCUT2D eigenvalue weighted by Crippen LogP contribution is 2.47. The summed E-state index contributed by atoms with van der Waals surface area (Å²) >= 11 is 6.07. The second-order valence-corrected chi connectivity index (χ2v) is 7.84. The van der Waals surface area contributed by atoms with Crippen molar-refractivity contribution < 1.29 is 4.39 Å². The largest absolute Gasteiger partial charge is 0.309 e. The number of fused-ring (bicyclic) bond motifs is 2. The molecule has 2 fully saturated rings. The van der Waals surface area contributed by atoms with Crippen LogP contribution in [0, 0.1) is 5.92 Å². The van der Waals surface area contributed by atoms with Gasteiger partial charge in [0.15, 0.2) is 0 Å². The fourth-order valence-electron chi connectivity index (χ4n) is 4.77. The van der Waals surface area contributed by atoms with Crippen molar-refractivity contribution in [2.24, 2.45) is 5.92 Å². The van der Waals surface area contributed by atoms with E-state index in [1.54, 1.807) is 0 Å². The lowest BCUT2D eigenvalue weighted by Gasteiger charge is -2.46. The van der Waals surface area contributed by atoms with Gasteiger partial charge in [0, 0.05) is 30.2 Å². The first-order valence-corrected chi connectivity index (χ1v) is 9.20. The zero-order chi connectivity index (χ0) is 16.4. The fourth-order valence-corrected chi connectivity index (χ4v) is 4.90. The first-order chi connectivity index (χ1) is 11.1. The molecular formula is C19H28ClFN2. The van der Waals surface area contributed by atoms with Crippen LogP contribution in [-0.4, -0.2) is 55.7 Å². The van der Waals surface area contributed by atoms with Crippen LogP contribution in [0.25, 0.3) is 0 Å². The van der Waals surface area contributed by atoms with Gasteiger partial charge in [0.25, 0.3) is 0 Å². The fraction of sp³-hybridized carbons (Fsp3) is 0.684. The number of nitrogens with zero attached hydrogens (tertiary/aromatic N) is 2. The Balaban J connectivity index is 1.84. The van der Waals surface area contributed by atoms with Gasteiger partial charge in [-0.2, -0.15) is 0 Å². The Bertz CT molecular complexity index is 505. The van der Waals surface area contributed by atoms with Crippen LogP contribution >= 0.6 is 11.6 Å². The number of benzene rings is 1. The molecule has 4 heteroatoms. The Morgan fingerprint density at radius 2 is 1.96 bits per heavy atom. The zero-order valence-corrected chi connectivity index (χ0v) is 15.0. The van der Waals surface area contributed by atoms with Crippen molar-refractivity contribution in [2.45, 2.75) is 43.7 Å². The number of alkyl halides is 1. The third-order valence-electron chi connectivity index (χ3n) is 5.65. The molecule has 3 rings (SSSR count). The van der Waals surface area contributed by atoms with Crippen molar-refractivity contribution in [3.05, 3.63) is 34.9 Å². The average molecular weight is 339 g/mol. The summed E-state index contributed by atoms with van der Waals surface area (Å²) in [6.45, 7) is 1.81. The van der Waals surface area contributed by atoms with Gasteiger partial charge in [-0.15, -0.1) is 0 Å². The normalized spacial score (nSPS) is 31.0. The van der Waals surface area contributed by atoms with Gasteiger partial charge in [0.1, 0.15) is 0 Å². The van der Waals surface area contributed by atoms with Gasteiger partial charge >= 0.3 is 0 Å². The second-order valence-electron chi connectivity index (χ2n) is 7.40. The van der Waals surface area contributed by atoms with Gasteiger partial charge in [0.2, 0.25) is 0 Å². The monoisotopic (exact) mass is 338 g/mol. The summed E-state index contributed by atoms with van der Waals surface area (Å²) in [5, 5.41) is 0.807. The van der Waals surface area contributed by atoms with Crippen LogP contribution < -0.4 is 0 Å². The predicted octanol–water partition coefficient (Wildman–Crippen LogP) is 4.20. The minimum absolute atomic E-state index is 0.200.